The van der Waals surface area contributed by atoms with Crippen LogP contribution in [0.1, 0.15) is 28.5 Å². The van der Waals surface area contributed by atoms with E-state index in [-0.39, 0.29) is 11.9 Å². The third-order valence-corrected chi connectivity index (χ3v) is 4.46. The number of methoxy groups -OCH3 is 1. The van der Waals surface area contributed by atoms with Crippen molar-refractivity contribution in [2.75, 3.05) is 12.4 Å². The number of ether oxygens (including phenoxy) is 1. The van der Waals surface area contributed by atoms with E-state index in [1.54, 1.807) is 17.5 Å². The summed E-state index contributed by atoms with van der Waals surface area (Å²) in [4.78, 5) is 16.4. The first kappa shape index (κ1) is 16.2. The summed E-state index contributed by atoms with van der Waals surface area (Å²) in [6.45, 7) is 1.82. The minimum Gasteiger partial charge on any atom is -0.493 e. The molecule has 1 amide bonds. The molecule has 0 aliphatic carbocycles. The molecule has 0 aliphatic heterocycles. The maximum atomic E-state index is 12.2. The van der Waals surface area contributed by atoms with Gasteiger partial charge in [0, 0.05) is 10.4 Å². The van der Waals surface area contributed by atoms with Gasteiger partial charge in [0.05, 0.1) is 23.3 Å². The van der Waals surface area contributed by atoms with Crippen LogP contribution in [0, 0.1) is 0 Å². The molecule has 8 heteroatoms. The maximum Gasteiger partial charge on any atom is 0.275 e. The Morgan fingerprint density at radius 2 is 2.29 bits per heavy atom. The Kier molecular flexibility index (Phi) is 5.21. The summed E-state index contributed by atoms with van der Waals surface area (Å²) in [6, 6.07) is 3.10. The minimum atomic E-state index is -0.342. The predicted molar refractivity (Wildman–Crippen MR) is 88.4 cm³/mol. The van der Waals surface area contributed by atoms with Crippen LogP contribution < -0.4 is 15.8 Å². The number of rotatable bonds is 4. The van der Waals surface area contributed by atoms with Crippen molar-refractivity contribution in [3.63, 3.8) is 0 Å². The Balaban J connectivity index is 2.26. The van der Waals surface area contributed by atoms with Gasteiger partial charge in [-0.15, -0.1) is 11.3 Å². The number of nitrogens with zero attached hydrogens (tertiary/aromatic N) is 1. The van der Waals surface area contributed by atoms with Crippen molar-refractivity contribution in [2.45, 2.75) is 13.0 Å². The van der Waals surface area contributed by atoms with Gasteiger partial charge >= 0.3 is 0 Å². The summed E-state index contributed by atoms with van der Waals surface area (Å²) >= 11 is 10.7. The number of aromatic nitrogens is 1. The number of carbonyl (C=O) groups is 1. The fourth-order valence-corrected chi connectivity index (χ4v) is 3.38. The smallest absolute Gasteiger partial charge is 0.275 e. The average molecular weight is 391 g/mol. The molecule has 3 N–H and O–H groups in total. The van der Waals surface area contributed by atoms with E-state index in [0.717, 1.165) is 0 Å². The second-order valence-electron chi connectivity index (χ2n) is 4.28. The Hall–Kier alpha value is -1.15. The van der Waals surface area contributed by atoms with Gasteiger partial charge in [0.1, 0.15) is 10.7 Å². The third-order valence-electron chi connectivity index (χ3n) is 2.60. The molecule has 0 fully saturated rings. The van der Waals surface area contributed by atoms with Crippen molar-refractivity contribution in [2.24, 2.45) is 5.73 Å². The SMILES string of the molecule is COc1c(Br)cc(Cl)cc1NC(=O)c1csc(C(C)N)n1. The van der Waals surface area contributed by atoms with Crippen LogP contribution in [0.2, 0.25) is 5.02 Å². The monoisotopic (exact) mass is 389 g/mol. The van der Waals surface area contributed by atoms with Gasteiger partial charge in [0.15, 0.2) is 5.75 Å². The number of anilines is 1. The van der Waals surface area contributed by atoms with Crippen molar-refractivity contribution >= 4 is 50.5 Å². The van der Waals surface area contributed by atoms with Crippen molar-refractivity contribution in [1.82, 2.24) is 4.98 Å². The second kappa shape index (κ2) is 6.74. The van der Waals surface area contributed by atoms with Gasteiger partial charge in [0.25, 0.3) is 5.91 Å². The number of amides is 1. The molecular formula is C13H13BrClN3O2S. The molecule has 0 aliphatic rings. The topological polar surface area (TPSA) is 77.2 Å². The van der Waals surface area contributed by atoms with Crippen molar-refractivity contribution in [3.05, 3.63) is 37.7 Å². The van der Waals surface area contributed by atoms with Gasteiger partial charge in [0.2, 0.25) is 0 Å². The van der Waals surface area contributed by atoms with E-state index in [2.05, 4.69) is 26.2 Å². The van der Waals surface area contributed by atoms with E-state index in [9.17, 15) is 4.79 Å². The molecule has 112 valence electrons. The fourth-order valence-electron chi connectivity index (χ4n) is 1.65. The summed E-state index contributed by atoms with van der Waals surface area (Å²) in [7, 11) is 1.51. The second-order valence-corrected chi connectivity index (χ2v) is 6.46. The van der Waals surface area contributed by atoms with Crippen LogP contribution in [0.4, 0.5) is 5.69 Å². The summed E-state index contributed by atoms with van der Waals surface area (Å²) in [5.41, 5.74) is 6.52. The highest BCUT2D eigenvalue weighted by molar-refractivity contribution is 9.10. The largest absolute Gasteiger partial charge is 0.493 e. The Morgan fingerprint density at radius 1 is 1.57 bits per heavy atom. The molecule has 0 saturated heterocycles. The van der Waals surface area contributed by atoms with Crippen molar-refractivity contribution in [1.29, 1.82) is 0 Å². The lowest BCUT2D eigenvalue weighted by Gasteiger charge is -2.11. The molecule has 0 spiro atoms. The molecule has 0 radical (unpaired) electrons. The van der Waals surface area contributed by atoms with Gasteiger partial charge in [-0.05, 0) is 35.0 Å². The number of thiazole rings is 1. The molecule has 21 heavy (non-hydrogen) atoms. The molecule has 5 nitrogen and oxygen atoms in total. The Bertz CT molecular complexity index is 675. The standard InChI is InChI=1S/C13H13BrClN3O2S/c1-6(16)13-18-10(5-21-13)12(19)17-9-4-7(15)3-8(14)11(9)20-2/h3-6H,16H2,1-2H3,(H,17,19). The third kappa shape index (κ3) is 3.74. The first-order chi connectivity index (χ1) is 9.92. The van der Waals surface area contributed by atoms with Crippen LogP contribution >= 0.6 is 38.9 Å². The highest BCUT2D eigenvalue weighted by Gasteiger charge is 2.16. The van der Waals surface area contributed by atoms with Crippen LogP contribution in [0.15, 0.2) is 22.0 Å². The van der Waals surface area contributed by atoms with Gasteiger partial charge in [-0.1, -0.05) is 11.6 Å². The summed E-state index contributed by atoms with van der Waals surface area (Å²) in [5, 5.41) is 5.59. The molecule has 0 saturated carbocycles. The lowest BCUT2D eigenvalue weighted by atomic mass is 10.3. The first-order valence-electron chi connectivity index (χ1n) is 5.97. The number of halogens is 2. The van der Waals surface area contributed by atoms with Crippen molar-refractivity contribution < 1.29 is 9.53 Å². The highest BCUT2D eigenvalue weighted by Crippen LogP contribution is 2.36. The number of hydrogen-bond donors (Lipinski definition) is 2. The van der Waals surface area contributed by atoms with E-state index in [0.29, 0.717) is 31.6 Å². The maximum absolute atomic E-state index is 12.2. The van der Waals surface area contributed by atoms with E-state index in [1.807, 2.05) is 6.92 Å². The summed E-state index contributed by atoms with van der Waals surface area (Å²) in [6.07, 6.45) is 0. The van der Waals surface area contributed by atoms with Gasteiger partial charge in [-0.25, -0.2) is 4.98 Å². The first-order valence-corrected chi connectivity index (χ1v) is 8.02. The molecule has 2 aromatic rings. The quantitative estimate of drug-likeness (QED) is 0.831. The van der Waals surface area contributed by atoms with E-state index >= 15 is 0 Å². The van der Waals surface area contributed by atoms with Crippen molar-refractivity contribution in [3.8, 4) is 5.75 Å². The average Bonchev–Trinajstić information content (AvgIpc) is 2.88. The summed E-state index contributed by atoms with van der Waals surface area (Å²) < 4.78 is 5.91. The van der Waals surface area contributed by atoms with Gasteiger partial charge < -0.3 is 15.8 Å². The Morgan fingerprint density at radius 3 is 2.86 bits per heavy atom. The Labute approximate surface area is 139 Å². The zero-order valence-corrected chi connectivity index (χ0v) is 14.5. The summed E-state index contributed by atoms with van der Waals surface area (Å²) in [5.74, 6) is 0.154. The van der Waals surface area contributed by atoms with Gasteiger partial charge in [-0.2, -0.15) is 0 Å². The predicted octanol–water partition coefficient (Wildman–Crippen LogP) is 3.84. The molecule has 1 aromatic carbocycles. The number of nitrogens with two attached hydrogens (primary N) is 1. The van der Waals surface area contributed by atoms with E-state index in [4.69, 9.17) is 22.1 Å². The molecule has 0 bridgehead atoms. The van der Waals surface area contributed by atoms with Crippen LogP contribution in [0.25, 0.3) is 0 Å². The number of carbonyl (C=O) groups excluding carboxylic acids is 1. The zero-order chi connectivity index (χ0) is 15.6. The molecule has 1 atom stereocenters. The van der Waals surface area contributed by atoms with Gasteiger partial charge in [-0.3, -0.25) is 4.79 Å². The van der Waals surface area contributed by atoms with Crippen LogP contribution in [-0.4, -0.2) is 18.0 Å². The number of nitrogens with one attached hydrogen (secondary N) is 1. The van der Waals surface area contributed by atoms with Crippen LogP contribution in [0.5, 0.6) is 5.75 Å². The van der Waals surface area contributed by atoms with E-state index < -0.39 is 0 Å². The molecule has 2 rings (SSSR count). The minimum absolute atomic E-state index is 0.202. The molecule has 1 aromatic heterocycles. The lowest BCUT2D eigenvalue weighted by molar-refractivity contribution is 0.102. The highest BCUT2D eigenvalue weighted by atomic mass is 79.9. The van der Waals surface area contributed by atoms with E-state index in [1.165, 1.54) is 18.4 Å². The van der Waals surface area contributed by atoms with Crippen LogP contribution in [-0.2, 0) is 0 Å². The molecule has 1 unspecified atom stereocenters. The number of benzene rings is 1. The molecular weight excluding hydrogens is 378 g/mol. The number of hydrogen-bond acceptors (Lipinski definition) is 5. The molecule has 1 heterocycles. The zero-order valence-electron chi connectivity index (χ0n) is 11.3. The van der Waals surface area contributed by atoms with Crippen LogP contribution in [0.3, 0.4) is 0 Å². The lowest BCUT2D eigenvalue weighted by Crippen LogP contribution is -2.14. The normalized spacial score (nSPS) is 12.0. The fraction of sp³-hybridized carbons (Fsp3) is 0.231.